The second-order valence-electron chi connectivity index (χ2n) is 7.45. The van der Waals surface area contributed by atoms with E-state index < -0.39 is 17.6 Å². The molecule has 1 heterocycles. The summed E-state index contributed by atoms with van der Waals surface area (Å²) in [5, 5.41) is 2.68. The van der Waals surface area contributed by atoms with Gasteiger partial charge < -0.3 is 11.1 Å². The Kier molecular flexibility index (Phi) is 6.13. The van der Waals surface area contributed by atoms with Gasteiger partial charge in [-0.2, -0.15) is 13.2 Å². The van der Waals surface area contributed by atoms with E-state index in [-0.39, 0.29) is 22.3 Å². The van der Waals surface area contributed by atoms with Gasteiger partial charge in [-0.1, -0.05) is 66.7 Å². The fraction of sp³-hybridized carbons (Fsp3) is 0.0769. The zero-order valence-corrected chi connectivity index (χ0v) is 17.4. The molecule has 0 atom stereocenters. The third kappa shape index (κ3) is 5.03. The monoisotopic (exact) mass is 447 g/mol. The predicted octanol–water partition coefficient (Wildman–Crippen LogP) is 5.99. The van der Waals surface area contributed by atoms with Crippen molar-refractivity contribution in [3.8, 4) is 11.1 Å². The van der Waals surface area contributed by atoms with E-state index in [0.717, 1.165) is 11.6 Å². The quantitative estimate of drug-likeness (QED) is 0.395. The molecular formula is C26H20F3N3O. The lowest BCUT2D eigenvalue weighted by molar-refractivity contribution is -0.136. The molecule has 0 unspecified atom stereocenters. The molecule has 0 fully saturated rings. The number of benzene rings is 3. The maximum Gasteiger partial charge on any atom is 0.418 e. The van der Waals surface area contributed by atoms with Crippen molar-refractivity contribution < 1.29 is 18.0 Å². The number of carbonyl (C=O) groups is 1. The number of nitrogen functional groups attached to an aromatic ring is 1. The van der Waals surface area contributed by atoms with Crippen LogP contribution in [-0.4, -0.2) is 10.9 Å². The van der Waals surface area contributed by atoms with Crippen molar-refractivity contribution in [2.75, 3.05) is 5.73 Å². The van der Waals surface area contributed by atoms with Crippen LogP contribution >= 0.6 is 0 Å². The summed E-state index contributed by atoms with van der Waals surface area (Å²) >= 11 is 0. The van der Waals surface area contributed by atoms with Crippen molar-refractivity contribution in [1.29, 1.82) is 0 Å². The average molecular weight is 447 g/mol. The fourth-order valence-corrected chi connectivity index (χ4v) is 3.50. The molecule has 0 aliphatic heterocycles. The summed E-state index contributed by atoms with van der Waals surface area (Å²) in [4.78, 5) is 16.6. The summed E-state index contributed by atoms with van der Waals surface area (Å²) in [6.45, 7) is 0. The molecule has 0 aliphatic rings. The summed E-state index contributed by atoms with van der Waals surface area (Å²) in [5.41, 5.74) is 6.67. The molecule has 166 valence electrons. The SMILES string of the molecule is Nc1cc(C(=O)N/C=C/Cc2ccccc2)nc2c(C(F)(F)F)cc(-c3ccccc3)cc12. The van der Waals surface area contributed by atoms with Crippen molar-refractivity contribution >= 4 is 22.5 Å². The Morgan fingerprint density at radius 1 is 0.939 bits per heavy atom. The molecular weight excluding hydrogens is 427 g/mol. The lowest BCUT2D eigenvalue weighted by Gasteiger charge is -2.15. The maximum atomic E-state index is 13.9. The second-order valence-corrected chi connectivity index (χ2v) is 7.45. The van der Waals surface area contributed by atoms with E-state index in [1.54, 1.807) is 42.5 Å². The maximum absolute atomic E-state index is 13.9. The molecule has 0 saturated carbocycles. The molecule has 0 aliphatic carbocycles. The fourth-order valence-electron chi connectivity index (χ4n) is 3.50. The van der Waals surface area contributed by atoms with Gasteiger partial charge in [0.15, 0.2) is 0 Å². The van der Waals surface area contributed by atoms with Crippen LogP contribution in [0.2, 0.25) is 0 Å². The molecule has 4 rings (SSSR count). The van der Waals surface area contributed by atoms with Crippen molar-refractivity contribution in [3.63, 3.8) is 0 Å². The summed E-state index contributed by atoms with van der Waals surface area (Å²) in [5.74, 6) is -0.645. The summed E-state index contributed by atoms with van der Waals surface area (Å²) in [7, 11) is 0. The number of nitrogens with zero attached hydrogens (tertiary/aromatic N) is 1. The standard InChI is InChI=1S/C26H20F3N3O/c27-26(28,29)21-15-19(18-11-5-2-6-12-18)14-20-22(30)16-23(32-24(20)21)25(33)31-13-7-10-17-8-3-1-4-9-17/h1-9,11-16H,10H2,(H2,30,32)(H,31,33)/b13-7+. The van der Waals surface area contributed by atoms with Gasteiger partial charge in [-0.15, -0.1) is 0 Å². The Morgan fingerprint density at radius 2 is 1.61 bits per heavy atom. The van der Waals surface area contributed by atoms with Crippen LogP contribution < -0.4 is 11.1 Å². The minimum atomic E-state index is -4.67. The lowest BCUT2D eigenvalue weighted by atomic mass is 9.98. The van der Waals surface area contributed by atoms with Gasteiger partial charge in [-0.3, -0.25) is 4.79 Å². The van der Waals surface area contributed by atoms with Crippen LogP contribution in [0.1, 0.15) is 21.6 Å². The Balaban J connectivity index is 1.67. The number of anilines is 1. The highest BCUT2D eigenvalue weighted by molar-refractivity contribution is 6.02. The van der Waals surface area contributed by atoms with Crippen LogP contribution in [0.4, 0.5) is 18.9 Å². The molecule has 0 radical (unpaired) electrons. The molecule has 1 aromatic heterocycles. The van der Waals surface area contributed by atoms with Crippen molar-refractivity contribution in [2.24, 2.45) is 0 Å². The number of amides is 1. The first-order valence-corrected chi connectivity index (χ1v) is 10.2. The highest BCUT2D eigenvalue weighted by atomic mass is 19.4. The van der Waals surface area contributed by atoms with E-state index in [1.807, 2.05) is 30.3 Å². The van der Waals surface area contributed by atoms with Crippen molar-refractivity contribution in [2.45, 2.75) is 12.6 Å². The Bertz CT molecular complexity index is 1320. The van der Waals surface area contributed by atoms with Crippen LogP contribution in [-0.2, 0) is 12.6 Å². The summed E-state index contributed by atoms with van der Waals surface area (Å²) in [6.07, 6.45) is -0.895. The number of alkyl halides is 3. The van der Waals surface area contributed by atoms with Gasteiger partial charge in [-0.25, -0.2) is 4.98 Å². The topological polar surface area (TPSA) is 68.0 Å². The van der Waals surface area contributed by atoms with E-state index in [0.29, 0.717) is 17.5 Å². The number of fused-ring (bicyclic) bond motifs is 1. The third-order valence-corrected chi connectivity index (χ3v) is 5.12. The van der Waals surface area contributed by atoms with Crippen LogP contribution in [0.3, 0.4) is 0 Å². The van der Waals surface area contributed by atoms with E-state index in [1.165, 1.54) is 12.3 Å². The zero-order chi connectivity index (χ0) is 23.4. The minimum absolute atomic E-state index is 0.0432. The molecule has 33 heavy (non-hydrogen) atoms. The molecule has 3 N–H and O–H groups in total. The number of rotatable bonds is 5. The van der Waals surface area contributed by atoms with Gasteiger partial charge in [0.1, 0.15) is 5.69 Å². The molecule has 4 nitrogen and oxygen atoms in total. The minimum Gasteiger partial charge on any atom is -0.398 e. The van der Waals surface area contributed by atoms with Crippen molar-refractivity contribution in [1.82, 2.24) is 10.3 Å². The molecule has 4 aromatic rings. The molecule has 1 amide bonds. The van der Waals surface area contributed by atoms with E-state index in [4.69, 9.17) is 5.73 Å². The number of carbonyl (C=O) groups excluding carboxylic acids is 1. The third-order valence-electron chi connectivity index (χ3n) is 5.12. The number of hydrogen-bond donors (Lipinski definition) is 2. The summed E-state index contributed by atoms with van der Waals surface area (Å²) in [6, 6.07) is 22.2. The van der Waals surface area contributed by atoms with E-state index >= 15 is 0 Å². The molecule has 0 spiro atoms. The number of halogens is 3. The normalized spacial score (nSPS) is 11.7. The highest BCUT2D eigenvalue weighted by Gasteiger charge is 2.34. The number of nitrogens with two attached hydrogens (primary N) is 1. The van der Waals surface area contributed by atoms with Crippen LogP contribution in [0.25, 0.3) is 22.0 Å². The first-order valence-electron chi connectivity index (χ1n) is 10.2. The number of allylic oxidation sites excluding steroid dienone is 1. The van der Waals surface area contributed by atoms with Crippen molar-refractivity contribution in [3.05, 3.63) is 108 Å². The van der Waals surface area contributed by atoms with Crippen LogP contribution in [0.15, 0.2) is 91.1 Å². The Hall–Kier alpha value is -4.13. The average Bonchev–Trinajstić information content (AvgIpc) is 2.81. The smallest absolute Gasteiger partial charge is 0.398 e. The molecule has 0 saturated heterocycles. The lowest BCUT2D eigenvalue weighted by Crippen LogP contribution is -2.19. The first kappa shape index (κ1) is 22.1. The van der Waals surface area contributed by atoms with E-state index in [9.17, 15) is 18.0 Å². The number of aromatic nitrogens is 1. The van der Waals surface area contributed by atoms with Gasteiger partial charge in [0.2, 0.25) is 0 Å². The number of hydrogen-bond acceptors (Lipinski definition) is 3. The number of pyridine rings is 1. The molecule has 3 aromatic carbocycles. The first-order chi connectivity index (χ1) is 15.8. The Morgan fingerprint density at radius 3 is 2.27 bits per heavy atom. The van der Waals surface area contributed by atoms with Crippen LogP contribution in [0.5, 0.6) is 0 Å². The molecule has 7 heteroatoms. The zero-order valence-electron chi connectivity index (χ0n) is 17.4. The van der Waals surface area contributed by atoms with Gasteiger partial charge in [0.05, 0.1) is 11.1 Å². The largest absolute Gasteiger partial charge is 0.418 e. The summed E-state index contributed by atoms with van der Waals surface area (Å²) < 4.78 is 41.7. The number of nitrogens with one attached hydrogen (secondary N) is 1. The van der Waals surface area contributed by atoms with Gasteiger partial charge >= 0.3 is 6.18 Å². The van der Waals surface area contributed by atoms with E-state index in [2.05, 4.69) is 10.3 Å². The van der Waals surface area contributed by atoms with Gasteiger partial charge in [0.25, 0.3) is 5.91 Å². The predicted molar refractivity (Wildman–Crippen MR) is 123 cm³/mol. The van der Waals surface area contributed by atoms with Crippen LogP contribution in [0, 0.1) is 0 Å². The highest BCUT2D eigenvalue weighted by Crippen LogP contribution is 2.39. The molecule has 0 bridgehead atoms. The van der Waals surface area contributed by atoms with Gasteiger partial charge in [-0.05, 0) is 41.3 Å². The Labute approximate surface area is 188 Å². The van der Waals surface area contributed by atoms with Gasteiger partial charge in [0, 0.05) is 17.3 Å². The second kappa shape index (κ2) is 9.16.